The predicted molar refractivity (Wildman–Crippen MR) is 124 cm³/mol. The Hall–Kier alpha value is -2.73. The molecule has 2 aliphatic rings. The van der Waals surface area contributed by atoms with Gasteiger partial charge in [-0.2, -0.15) is 0 Å². The van der Waals surface area contributed by atoms with E-state index in [4.69, 9.17) is 23.1 Å². The lowest BCUT2D eigenvalue weighted by molar-refractivity contribution is 0.0333. The highest BCUT2D eigenvalue weighted by atomic mass is 35.5. The van der Waals surface area contributed by atoms with Crippen molar-refractivity contribution in [2.24, 2.45) is 21.5 Å². The molecule has 7 heteroatoms. The first kappa shape index (κ1) is 20.5. The number of rotatable bonds is 6. The summed E-state index contributed by atoms with van der Waals surface area (Å²) in [6.45, 7) is 5.68. The zero-order valence-electron chi connectivity index (χ0n) is 17.5. The number of hydrogen-bond acceptors (Lipinski definition) is 6. The smallest absolute Gasteiger partial charge is 0.193 e. The van der Waals surface area contributed by atoms with Crippen LogP contribution in [0, 0.1) is 0 Å². The topological polar surface area (TPSA) is 83.2 Å². The second-order valence-electron chi connectivity index (χ2n) is 8.38. The van der Waals surface area contributed by atoms with E-state index < -0.39 is 5.66 Å². The first-order valence-corrected chi connectivity index (χ1v) is 10.7. The monoisotopic (exact) mass is 424 g/mol. The third kappa shape index (κ3) is 3.97. The number of benzene rings is 2. The quantitative estimate of drug-likeness (QED) is 0.746. The highest BCUT2D eigenvalue weighted by Crippen LogP contribution is 2.33. The zero-order chi connectivity index (χ0) is 21.3. The lowest BCUT2D eigenvalue weighted by Gasteiger charge is -2.49. The van der Waals surface area contributed by atoms with Gasteiger partial charge < -0.3 is 21.3 Å². The van der Waals surface area contributed by atoms with Crippen molar-refractivity contribution >= 4 is 23.5 Å². The fourth-order valence-corrected chi connectivity index (χ4v) is 4.79. The van der Waals surface area contributed by atoms with Crippen LogP contribution >= 0.6 is 11.6 Å². The summed E-state index contributed by atoms with van der Waals surface area (Å²) in [5.41, 5.74) is 14.8. The zero-order valence-corrected chi connectivity index (χ0v) is 18.3. The molecule has 0 bridgehead atoms. The number of nitrogens with two attached hydrogens (primary N) is 2. The van der Waals surface area contributed by atoms with Crippen molar-refractivity contribution in [1.82, 2.24) is 9.80 Å². The van der Waals surface area contributed by atoms with E-state index in [1.807, 2.05) is 18.2 Å². The molecule has 2 aromatic rings. The molecule has 6 nitrogen and oxygen atoms in total. The third-order valence-corrected chi connectivity index (χ3v) is 6.27. The van der Waals surface area contributed by atoms with Gasteiger partial charge in [0.1, 0.15) is 5.66 Å². The van der Waals surface area contributed by atoms with Crippen LogP contribution in [0.1, 0.15) is 25.0 Å². The van der Waals surface area contributed by atoms with Crippen molar-refractivity contribution in [3.05, 3.63) is 70.7 Å². The van der Waals surface area contributed by atoms with Crippen LogP contribution in [0.2, 0.25) is 5.02 Å². The van der Waals surface area contributed by atoms with Crippen LogP contribution in [0.3, 0.4) is 0 Å². The lowest BCUT2D eigenvalue weighted by Crippen LogP contribution is -2.67. The molecule has 30 heavy (non-hydrogen) atoms. The summed E-state index contributed by atoms with van der Waals surface area (Å²) in [4.78, 5) is 13.6. The van der Waals surface area contributed by atoms with Gasteiger partial charge in [-0.25, -0.2) is 4.99 Å². The molecular weight excluding hydrogens is 396 g/mol. The summed E-state index contributed by atoms with van der Waals surface area (Å²) in [7, 11) is 0. The average molecular weight is 425 g/mol. The van der Waals surface area contributed by atoms with Gasteiger partial charge >= 0.3 is 0 Å². The van der Waals surface area contributed by atoms with Gasteiger partial charge in [0.25, 0.3) is 0 Å². The van der Waals surface area contributed by atoms with Crippen LogP contribution in [0.4, 0.5) is 0 Å². The molecule has 0 aromatic heterocycles. The largest absolute Gasteiger partial charge is 0.370 e. The van der Waals surface area contributed by atoms with E-state index in [2.05, 4.69) is 70.0 Å². The molecule has 0 saturated carbocycles. The van der Waals surface area contributed by atoms with Crippen molar-refractivity contribution < 1.29 is 0 Å². The number of hydrogen-bond donors (Lipinski definition) is 2. The molecule has 158 valence electrons. The Morgan fingerprint density at radius 2 is 1.73 bits per heavy atom. The van der Waals surface area contributed by atoms with E-state index in [-0.39, 0.29) is 12.1 Å². The average Bonchev–Trinajstić information content (AvgIpc) is 3.26. The second-order valence-corrected chi connectivity index (χ2v) is 8.82. The summed E-state index contributed by atoms with van der Waals surface area (Å²) >= 11 is 6.12. The van der Waals surface area contributed by atoms with Gasteiger partial charge in [-0.1, -0.05) is 54.1 Å². The number of aliphatic imine (C=N–C) groups is 2. The van der Waals surface area contributed by atoms with Gasteiger partial charge in [0.2, 0.25) is 0 Å². The highest BCUT2D eigenvalue weighted by Gasteiger charge is 2.47. The fourth-order valence-electron chi connectivity index (χ4n) is 4.66. The Morgan fingerprint density at radius 1 is 1.03 bits per heavy atom. The van der Waals surface area contributed by atoms with E-state index in [1.165, 1.54) is 5.56 Å². The Balaban J connectivity index is 1.70. The molecule has 0 fully saturated rings. The van der Waals surface area contributed by atoms with Crippen molar-refractivity contribution in [3.63, 3.8) is 0 Å². The predicted octanol–water partition coefficient (Wildman–Crippen LogP) is 2.86. The molecule has 2 heterocycles. The second kappa shape index (κ2) is 8.19. The van der Waals surface area contributed by atoms with E-state index in [9.17, 15) is 0 Å². The highest BCUT2D eigenvalue weighted by molar-refractivity contribution is 6.30. The minimum absolute atomic E-state index is 0.142. The minimum Gasteiger partial charge on any atom is -0.370 e. The Bertz CT molecular complexity index is 942. The van der Waals surface area contributed by atoms with E-state index in [0.717, 1.165) is 23.6 Å². The first-order chi connectivity index (χ1) is 14.4. The van der Waals surface area contributed by atoms with E-state index in [0.29, 0.717) is 24.9 Å². The summed E-state index contributed by atoms with van der Waals surface area (Å²) < 4.78 is 0. The molecule has 0 spiro atoms. The van der Waals surface area contributed by atoms with Crippen molar-refractivity contribution in [1.29, 1.82) is 0 Å². The molecule has 0 amide bonds. The van der Waals surface area contributed by atoms with E-state index in [1.54, 1.807) is 0 Å². The lowest BCUT2D eigenvalue weighted by atomic mass is 9.94. The molecule has 3 atom stereocenters. The summed E-state index contributed by atoms with van der Waals surface area (Å²) in [6, 6.07) is 18.7. The molecule has 0 radical (unpaired) electrons. The van der Waals surface area contributed by atoms with Gasteiger partial charge in [-0.05, 0) is 43.5 Å². The van der Waals surface area contributed by atoms with Crippen molar-refractivity contribution in [2.45, 2.75) is 44.4 Å². The maximum absolute atomic E-state index is 6.48. The van der Waals surface area contributed by atoms with Crippen LogP contribution in [0.15, 0.2) is 64.6 Å². The number of halogens is 1. The minimum atomic E-state index is -0.504. The first-order valence-electron chi connectivity index (χ1n) is 10.4. The molecule has 4 N–H and O–H groups in total. The fraction of sp³-hybridized carbons (Fsp3) is 0.391. The Morgan fingerprint density at radius 3 is 2.37 bits per heavy atom. The molecule has 3 unspecified atom stereocenters. The molecule has 2 aromatic carbocycles. The van der Waals surface area contributed by atoms with Gasteiger partial charge in [-0.15, -0.1) is 0 Å². The van der Waals surface area contributed by atoms with Gasteiger partial charge in [-0.3, -0.25) is 4.99 Å². The van der Waals surface area contributed by atoms with Crippen molar-refractivity contribution in [3.8, 4) is 0 Å². The van der Waals surface area contributed by atoms with Crippen LogP contribution < -0.4 is 11.5 Å². The van der Waals surface area contributed by atoms with Gasteiger partial charge in [0.05, 0.1) is 18.6 Å². The van der Waals surface area contributed by atoms with Gasteiger partial charge in [0.15, 0.2) is 11.9 Å². The maximum atomic E-state index is 6.48. The van der Waals surface area contributed by atoms with E-state index >= 15 is 0 Å². The van der Waals surface area contributed by atoms with Crippen LogP contribution in [0.5, 0.6) is 0 Å². The molecule has 0 aliphatic carbocycles. The van der Waals surface area contributed by atoms with Crippen LogP contribution in [0.25, 0.3) is 0 Å². The summed E-state index contributed by atoms with van der Waals surface area (Å²) in [5.74, 6) is 1.11. The standard InChI is InChI=1S/C23H29ClN6/c1-16-15-29(22(26)28-16)23(2,13-18-8-10-19(24)11-9-18)30-20(14-27-21(30)25)12-17-6-4-3-5-7-17/h3-11,16,20H,12-15H2,1-2H3,(H2,25,27)(H2,26,28). The van der Waals surface area contributed by atoms with Gasteiger partial charge in [0, 0.05) is 18.0 Å². The molecule has 4 rings (SSSR count). The van der Waals surface area contributed by atoms with Crippen molar-refractivity contribution in [2.75, 3.05) is 13.1 Å². The number of nitrogens with zero attached hydrogens (tertiary/aromatic N) is 4. The Kier molecular flexibility index (Phi) is 5.60. The normalized spacial score (nSPS) is 23.3. The van der Waals surface area contributed by atoms with Crippen LogP contribution in [-0.2, 0) is 12.8 Å². The maximum Gasteiger partial charge on any atom is 0.193 e. The summed E-state index contributed by atoms with van der Waals surface area (Å²) in [5, 5.41) is 0.723. The SMILES string of the molecule is CC1CN(C(C)(Cc2ccc(Cl)cc2)N2C(N)=NCC2Cc2ccccc2)C(N)=N1. The molecule has 2 aliphatic heterocycles. The Labute approximate surface area is 183 Å². The third-order valence-electron chi connectivity index (χ3n) is 6.02. The summed E-state index contributed by atoms with van der Waals surface area (Å²) in [6.07, 6.45) is 1.58. The number of guanidine groups is 2. The van der Waals surface area contributed by atoms with Crippen LogP contribution in [-0.4, -0.2) is 52.6 Å². The molecular formula is C23H29ClN6. The molecule has 0 saturated heterocycles.